The van der Waals surface area contributed by atoms with Crippen molar-refractivity contribution in [1.29, 1.82) is 0 Å². The first-order valence-electron chi connectivity index (χ1n) is 5.14. The minimum atomic E-state index is 0.641. The molecule has 1 saturated carbocycles. The van der Waals surface area contributed by atoms with E-state index in [0.717, 1.165) is 12.6 Å². The van der Waals surface area contributed by atoms with Crippen LogP contribution in [0, 0.1) is 0 Å². The first kappa shape index (κ1) is 8.76. The van der Waals surface area contributed by atoms with Crippen molar-refractivity contribution >= 4 is 0 Å². The van der Waals surface area contributed by atoms with Gasteiger partial charge in [-0.25, -0.2) is 0 Å². The third-order valence-corrected chi connectivity index (χ3v) is 2.66. The van der Waals surface area contributed by atoms with Gasteiger partial charge in [-0.3, -0.25) is 0 Å². The molecule has 2 rings (SSSR count). The predicted molar refractivity (Wildman–Crippen MR) is 55.9 cm³/mol. The molecule has 1 nitrogen and oxygen atoms in total. The highest BCUT2D eigenvalue weighted by molar-refractivity contribution is 5.19. The van der Waals surface area contributed by atoms with E-state index in [1.54, 1.807) is 0 Å². The van der Waals surface area contributed by atoms with E-state index in [-0.39, 0.29) is 0 Å². The van der Waals surface area contributed by atoms with Crippen molar-refractivity contribution in [2.75, 3.05) is 6.54 Å². The average Bonchev–Trinajstić information content (AvgIpc) is 2.99. The van der Waals surface area contributed by atoms with E-state index in [0.29, 0.717) is 5.92 Å². The Balaban J connectivity index is 1.85. The van der Waals surface area contributed by atoms with Crippen LogP contribution in [0.3, 0.4) is 0 Å². The second-order valence-corrected chi connectivity index (χ2v) is 3.99. The Hall–Kier alpha value is -0.820. The molecule has 1 aliphatic rings. The van der Waals surface area contributed by atoms with Crippen LogP contribution in [-0.2, 0) is 0 Å². The Labute approximate surface area is 80.2 Å². The van der Waals surface area contributed by atoms with Gasteiger partial charge < -0.3 is 5.32 Å². The maximum atomic E-state index is 3.55. The number of benzene rings is 1. The zero-order valence-corrected chi connectivity index (χ0v) is 8.16. The highest BCUT2D eigenvalue weighted by atomic mass is 14.9. The Morgan fingerprint density at radius 1 is 1.31 bits per heavy atom. The molecule has 1 N–H and O–H groups in total. The van der Waals surface area contributed by atoms with Crippen LogP contribution in [0.4, 0.5) is 0 Å². The molecule has 1 aliphatic carbocycles. The summed E-state index contributed by atoms with van der Waals surface area (Å²) in [6, 6.07) is 11.5. The maximum absolute atomic E-state index is 3.55. The maximum Gasteiger partial charge on any atom is 0.00684 e. The summed E-state index contributed by atoms with van der Waals surface area (Å²) in [6.07, 6.45) is 2.75. The van der Waals surface area contributed by atoms with Gasteiger partial charge in [0.15, 0.2) is 0 Å². The van der Waals surface area contributed by atoms with E-state index in [9.17, 15) is 0 Å². The van der Waals surface area contributed by atoms with Crippen LogP contribution in [0.25, 0.3) is 0 Å². The fourth-order valence-corrected chi connectivity index (χ4v) is 1.53. The first-order valence-corrected chi connectivity index (χ1v) is 5.14. The van der Waals surface area contributed by atoms with Gasteiger partial charge in [-0.05, 0) is 24.3 Å². The first-order chi connectivity index (χ1) is 6.36. The standard InChI is InChI=1S/C12H17N/c1-10(9-13-12-7-8-12)11-5-3-2-4-6-11/h2-6,10,12-13H,7-9H2,1H3/t10-/m1/s1. The van der Waals surface area contributed by atoms with E-state index in [2.05, 4.69) is 42.6 Å². The molecule has 0 saturated heterocycles. The third-order valence-electron chi connectivity index (χ3n) is 2.66. The average molecular weight is 175 g/mol. The lowest BCUT2D eigenvalue weighted by Crippen LogP contribution is -2.21. The smallest absolute Gasteiger partial charge is 0.00684 e. The van der Waals surface area contributed by atoms with Crippen LogP contribution in [0.15, 0.2) is 30.3 Å². The summed E-state index contributed by atoms with van der Waals surface area (Å²) in [5.74, 6) is 0.641. The second kappa shape index (κ2) is 3.93. The van der Waals surface area contributed by atoms with E-state index < -0.39 is 0 Å². The minimum Gasteiger partial charge on any atom is -0.313 e. The molecule has 0 aromatic heterocycles. The van der Waals surface area contributed by atoms with E-state index in [1.165, 1.54) is 18.4 Å². The normalized spacial score (nSPS) is 18.5. The number of hydrogen-bond donors (Lipinski definition) is 1. The van der Waals surface area contributed by atoms with Gasteiger partial charge >= 0.3 is 0 Å². The Kier molecular flexibility index (Phi) is 2.65. The molecule has 1 atom stereocenters. The lowest BCUT2D eigenvalue weighted by atomic mass is 10.0. The van der Waals surface area contributed by atoms with Crippen molar-refractivity contribution in [3.05, 3.63) is 35.9 Å². The van der Waals surface area contributed by atoms with Gasteiger partial charge in [0.2, 0.25) is 0 Å². The molecule has 70 valence electrons. The van der Waals surface area contributed by atoms with Gasteiger partial charge in [-0.2, -0.15) is 0 Å². The molecule has 0 radical (unpaired) electrons. The lowest BCUT2D eigenvalue weighted by Gasteiger charge is -2.12. The Morgan fingerprint density at radius 2 is 2.00 bits per heavy atom. The molecule has 0 bridgehead atoms. The van der Waals surface area contributed by atoms with Crippen LogP contribution < -0.4 is 5.32 Å². The number of hydrogen-bond acceptors (Lipinski definition) is 1. The Bertz CT molecular complexity index is 251. The molecule has 0 amide bonds. The van der Waals surface area contributed by atoms with Crippen molar-refractivity contribution in [1.82, 2.24) is 5.32 Å². The fraction of sp³-hybridized carbons (Fsp3) is 0.500. The van der Waals surface area contributed by atoms with Crippen molar-refractivity contribution in [2.45, 2.75) is 31.7 Å². The topological polar surface area (TPSA) is 12.0 Å². The largest absolute Gasteiger partial charge is 0.313 e. The molecule has 1 aromatic carbocycles. The van der Waals surface area contributed by atoms with Crippen LogP contribution in [0.2, 0.25) is 0 Å². The van der Waals surface area contributed by atoms with E-state index in [4.69, 9.17) is 0 Å². The Morgan fingerprint density at radius 3 is 2.62 bits per heavy atom. The molecular weight excluding hydrogens is 158 g/mol. The molecule has 0 aliphatic heterocycles. The van der Waals surface area contributed by atoms with Gasteiger partial charge in [0.25, 0.3) is 0 Å². The molecule has 13 heavy (non-hydrogen) atoms. The molecule has 1 fully saturated rings. The van der Waals surface area contributed by atoms with Gasteiger partial charge in [0.1, 0.15) is 0 Å². The molecule has 1 heteroatoms. The minimum absolute atomic E-state index is 0.641. The summed E-state index contributed by atoms with van der Waals surface area (Å²) in [5.41, 5.74) is 1.44. The SMILES string of the molecule is C[C@H](CNC1CC1)c1ccccc1. The van der Waals surface area contributed by atoms with Gasteiger partial charge in [-0.1, -0.05) is 37.3 Å². The van der Waals surface area contributed by atoms with Gasteiger partial charge in [0, 0.05) is 12.6 Å². The third kappa shape index (κ3) is 2.56. The second-order valence-electron chi connectivity index (χ2n) is 3.99. The van der Waals surface area contributed by atoms with Gasteiger partial charge in [0.05, 0.1) is 0 Å². The molecular formula is C12H17N. The summed E-state index contributed by atoms with van der Waals surface area (Å²) in [7, 11) is 0. The fourth-order valence-electron chi connectivity index (χ4n) is 1.53. The summed E-state index contributed by atoms with van der Waals surface area (Å²) in [4.78, 5) is 0. The van der Waals surface area contributed by atoms with Crippen molar-refractivity contribution in [2.24, 2.45) is 0 Å². The van der Waals surface area contributed by atoms with Crippen LogP contribution >= 0.6 is 0 Å². The van der Waals surface area contributed by atoms with Crippen LogP contribution in [0.1, 0.15) is 31.2 Å². The van der Waals surface area contributed by atoms with Gasteiger partial charge in [-0.15, -0.1) is 0 Å². The zero-order valence-electron chi connectivity index (χ0n) is 8.16. The summed E-state index contributed by atoms with van der Waals surface area (Å²) in [5, 5.41) is 3.55. The van der Waals surface area contributed by atoms with Crippen LogP contribution in [-0.4, -0.2) is 12.6 Å². The summed E-state index contributed by atoms with van der Waals surface area (Å²) < 4.78 is 0. The summed E-state index contributed by atoms with van der Waals surface area (Å²) >= 11 is 0. The number of nitrogens with one attached hydrogen (secondary N) is 1. The van der Waals surface area contributed by atoms with Crippen molar-refractivity contribution < 1.29 is 0 Å². The monoisotopic (exact) mass is 175 g/mol. The predicted octanol–water partition coefficient (Wildman–Crippen LogP) is 2.54. The molecule has 0 heterocycles. The zero-order chi connectivity index (χ0) is 9.10. The van der Waals surface area contributed by atoms with Crippen molar-refractivity contribution in [3.63, 3.8) is 0 Å². The lowest BCUT2D eigenvalue weighted by molar-refractivity contribution is 0.612. The van der Waals surface area contributed by atoms with Crippen molar-refractivity contribution in [3.8, 4) is 0 Å². The quantitative estimate of drug-likeness (QED) is 0.741. The van der Waals surface area contributed by atoms with E-state index in [1.807, 2.05) is 0 Å². The molecule has 0 spiro atoms. The summed E-state index contributed by atoms with van der Waals surface area (Å²) in [6.45, 7) is 3.40. The highest BCUT2D eigenvalue weighted by Gasteiger charge is 2.20. The number of rotatable bonds is 4. The molecule has 1 aromatic rings. The van der Waals surface area contributed by atoms with E-state index >= 15 is 0 Å². The highest BCUT2D eigenvalue weighted by Crippen LogP contribution is 2.20. The van der Waals surface area contributed by atoms with Crippen LogP contribution in [0.5, 0.6) is 0 Å². The molecule has 0 unspecified atom stereocenters.